The van der Waals surface area contributed by atoms with Crippen molar-refractivity contribution in [3.05, 3.63) is 36.1 Å². The van der Waals surface area contributed by atoms with Crippen molar-refractivity contribution in [1.82, 2.24) is 9.88 Å². The monoisotopic (exact) mass is 352 g/mol. The van der Waals surface area contributed by atoms with Gasteiger partial charge in [-0.3, -0.25) is 4.79 Å². The Balaban J connectivity index is 1.63. The number of hydrogen-bond donors (Lipinski definition) is 0. The Morgan fingerprint density at radius 2 is 1.92 bits per heavy atom. The quantitative estimate of drug-likeness (QED) is 0.689. The van der Waals surface area contributed by atoms with Crippen LogP contribution in [0.4, 0.5) is 0 Å². The summed E-state index contributed by atoms with van der Waals surface area (Å²) in [7, 11) is 3.51. The summed E-state index contributed by atoms with van der Waals surface area (Å²) in [4.78, 5) is 19.3. The smallest absolute Gasteiger partial charge is 0.289 e. The molecule has 1 saturated carbocycles. The molecule has 136 valence electrons. The van der Waals surface area contributed by atoms with Crippen LogP contribution < -0.4 is 4.74 Å². The van der Waals surface area contributed by atoms with E-state index in [1.54, 1.807) is 13.2 Å². The maximum Gasteiger partial charge on any atom is 0.289 e. The van der Waals surface area contributed by atoms with Crippen LogP contribution in [0.25, 0.3) is 22.0 Å². The number of aromatic nitrogens is 1. The molecule has 0 saturated heterocycles. The van der Waals surface area contributed by atoms with E-state index >= 15 is 0 Å². The van der Waals surface area contributed by atoms with Gasteiger partial charge in [-0.15, -0.1) is 0 Å². The van der Waals surface area contributed by atoms with Crippen molar-refractivity contribution in [3.63, 3.8) is 0 Å². The Kier molecular flexibility index (Phi) is 4.31. The molecule has 5 nitrogen and oxygen atoms in total. The second-order valence-electron chi connectivity index (χ2n) is 7.38. The zero-order valence-corrected chi connectivity index (χ0v) is 15.5. The zero-order valence-electron chi connectivity index (χ0n) is 15.5. The van der Waals surface area contributed by atoms with Crippen molar-refractivity contribution in [2.24, 2.45) is 5.92 Å². The number of pyridine rings is 1. The van der Waals surface area contributed by atoms with Gasteiger partial charge in [0.1, 0.15) is 5.75 Å². The van der Waals surface area contributed by atoms with Gasteiger partial charge in [0.2, 0.25) is 5.71 Å². The van der Waals surface area contributed by atoms with E-state index in [1.165, 1.54) is 12.8 Å². The summed E-state index contributed by atoms with van der Waals surface area (Å²) in [6, 6.07) is 9.83. The summed E-state index contributed by atoms with van der Waals surface area (Å²) < 4.78 is 11.1. The van der Waals surface area contributed by atoms with Crippen LogP contribution in [0, 0.1) is 5.92 Å². The van der Waals surface area contributed by atoms with Gasteiger partial charge in [-0.1, -0.05) is 6.92 Å². The Hall–Kier alpha value is -2.56. The van der Waals surface area contributed by atoms with Crippen LogP contribution in [-0.4, -0.2) is 36.0 Å². The molecule has 0 aliphatic heterocycles. The first kappa shape index (κ1) is 16.9. The fourth-order valence-corrected chi connectivity index (χ4v) is 3.81. The molecule has 2 aromatic heterocycles. The van der Waals surface area contributed by atoms with E-state index in [2.05, 4.69) is 11.9 Å². The highest BCUT2D eigenvalue weighted by molar-refractivity contribution is 5.98. The van der Waals surface area contributed by atoms with Crippen LogP contribution in [0.1, 0.15) is 43.2 Å². The van der Waals surface area contributed by atoms with Crippen molar-refractivity contribution in [2.75, 3.05) is 14.2 Å². The minimum absolute atomic E-state index is 0.0656. The number of rotatable bonds is 3. The first-order chi connectivity index (χ1) is 12.5. The second kappa shape index (κ2) is 6.63. The van der Waals surface area contributed by atoms with Gasteiger partial charge in [-0.2, -0.15) is 0 Å². The molecule has 1 aromatic carbocycles. The molecule has 3 aromatic rings. The number of ether oxygens (including phenoxy) is 1. The van der Waals surface area contributed by atoms with Gasteiger partial charge in [0.25, 0.3) is 5.91 Å². The normalized spacial score (nSPS) is 20.4. The third-order valence-electron chi connectivity index (χ3n) is 5.58. The number of carbonyl (C=O) groups is 1. The topological polar surface area (TPSA) is 55.6 Å². The van der Waals surface area contributed by atoms with E-state index in [0.717, 1.165) is 40.8 Å². The summed E-state index contributed by atoms with van der Waals surface area (Å²) in [6.07, 6.45) is 4.48. The summed E-state index contributed by atoms with van der Waals surface area (Å²) in [5, 5.41) is 1.84. The molecule has 1 fully saturated rings. The highest BCUT2D eigenvalue weighted by Crippen LogP contribution is 2.29. The van der Waals surface area contributed by atoms with Gasteiger partial charge in [-0.05, 0) is 55.9 Å². The maximum absolute atomic E-state index is 12.9. The van der Waals surface area contributed by atoms with E-state index in [0.29, 0.717) is 17.5 Å². The van der Waals surface area contributed by atoms with Gasteiger partial charge < -0.3 is 14.1 Å². The molecule has 2 heterocycles. The van der Waals surface area contributed by atoms with Crippen LogP contribution in [0.3, 0.4) is 0 Å². The molecule has 4 rings (SSSR count). The fourth-order valence-electron chi connectivity index (χ4n) is 3.81. The number of fused-ring (bicyclic) bond motifs is 2. The first-order valence-electron chi connectivity index (χ1n) is 9.20. The van der Waals surface area contributed by atoms with E-state index in [-0.39, 0.29) is 5.91 Å². The van der Waals surface area contributed by atoms with E-state index in [1.807, 2.05) is 36.2 Å². The van der Waals surface area contributed by atoms with E-state index in [9.17, 15) is 4.79 Å². The van der Waals surface area contributed by atoms with Gasteiger partial charge >= 0.3 is 0 Å². The Labute approximate surface area is 152 Å². The third-order valence-corrected chi connectivity index (χ3v) is 5.58. The molecular weight excluding hydrogens is 328 g/mol. The molecule has 1 aliphatic carbocycles. The highest BCUT2D eigenvalue weighted by atomic mass is 16.5. The van der Waals surface area contributed by atoms with Crippen LogP contribution >= 0.6 is 0 Å². The van der Waals surface area contributed by atoms with Crippen LogP contribution in [0.5, 0.6) is 5.75 Å². The minimum atomic E-state index is -0.0656. The number of amides is 1. The van der Waals surface area contributed by atoms with Crippen LogP contribution in [-0.2, 0) is 0 Å². The lowest BCUT2D eigenvalue weighted by atomic mass is 9.87. The average Bonchev–Trinajstić information content (AvgIpc) is 3.07. The summed E-state index contributed by atoms with van der Waals surface area (Å²) in [5.41, 5.74) is 1.28. The van der Waals surface area contributed by atoms with Crippen molar-refractivity contribution >= 4 is 27.9 Å². The molecule has 0 unspecified atom stereocenters. The summed E-state index contributed by atoms with van der Waals surface area (Å²) >= 11 is 0. The number of carbonyl (C=O) groups excluding carboxylic acids is 1. The molecule has 26 heavy (non-hydrogen) atoms. The number of nitrogens with zero attached hydrogens (tertiary/aromatic N) is 2. The van der Waals surface area contributed by atoms with Crippen molar-refractivity contribution in [3.8, 4) is 5.75 Å². The molecule has 0 spiro atoms. The SMILES string of the molecule is COc1ccc2cc3cc(C(=O)N(C)C4CCC(C)CC4)oc3nc2c1. The van der Waals surface area contributed by atoms with Crippen LogP contribution in [0.15, 0.2) is 34.7 Å². The molecule has 0 bridgehead atoms. The minimum Gasteiger partial charge on any atom is -0.497 e. The number of hydrogen-bond acceptors (Lipinski definition) is 4. The largest absolute Gasteiger partial charge is 0.497 e. The van der Waals surface area contributed by atoms with Crippen molar-refractivity contribution in [2.45, 2.75) is 38.6 Å². The molecule has 0 atom stereocenters. The second-order valence-corrected chi connectivity index (χ2v) is 7.38. The average molecular weight is 352 g/mol. The molecule has 1 aliphatic rings. The van der Waals surface area contributed by atoms with Gasteiger partial charge in [-0.25, -0.2) is 4.98 Å². The van der Waals surface area contributed by atoms with Gasteiger partial charge in [0.05, 0.1) is 12.6 Å². The lowest BCUT2D eigenvalue weighted by molar-refractivity contribution is 0.0649. The van der Waals surface area contributed by atoms with Crippen molar-refractivity contribution < 1.29 is 13.9 Å². The number of furan rings is 1. The lowest BCUT2D eigenvalue weighted by Gasteiger charge is -2.33. The fraction of sp³-hybridized carbons (Fsp3) is 0.429. The molecule has 0 N–H and O–H groups in total. The number of methoxy groups -OCH3 is 1. The van der Waals surface area contributed by atoms with Crippen molar-refractivity contribution in [1.29, 1.82) is 0 Å². The first-order valence-corrected chi connectivity index (χ1v) is 9.20. The molecule has 5 heteroatoms. The maximum atomic E-state index is 12.9. The Morgan fingerprint density at radius 3 is 2.65 bits per heavy atom. The summed E-state index contributed by atoms with van der Waals surface area (Å²) in [5.74, 6) is 1.80. The lowest BCUT2D eigenvalue weighted by Crippen LogP contribution is -2.39. The van der Waals surface area contributed by atoms with E-state index in [4.69, 9.17) is 9.15 Å². The standard InChI is InChI=1S/C21H24N2O3/c1-13-4-7-16(8-5-13)23(2)21(24)19-11-15-10-14-6-9-17(25-3)12-18(14)22-20(15)26-19/h6,9-13,16H,4-5,7-8H2,1-3H3. The highest BCUT2D eigenvalue weighted by Gasteiger charge is 2.27. The summed E-state index contributed by atoms with van der Waals surface area (Å²) in [6.45, 7) is 2.28. The zero-order chi connectivity index (χ0) is 18.3. The van der Waals surface area contributed by atoms with Crippen LogP contribution in [0.2, 0.25) is 0 Å². The number of benzene rings is 1. The predicted octanol–water partition coefficient (Wildman–Crippen LogP) is 4.64. The Morgan fingerprint density at radius 1 is 1.15 bits per heavy atom. The molecule has 0 radical (unpaired) electrons. The third kappa shape index (κ3) is 3.02. The molecular formula is C21H24N2O3. The predicted molar refractivity (Wildman–Crippen MR) is 102 cm³/mol. The van der Waals surface area contributed by atoms with Gasteiger partial charge in [0.15, 0.2) is 5.76 Å². The van der Waals surface area contributed by atoms with Gasteiger partial charge in [0, 0.05) is 29.9 Å². The molecule has 1 amide bonds. The Bertz CT molecular complexity index is 954. The van der Waals surface area contributed by atoms with E-state index < -0.39 is 0 Å².